The summed E-state index contributed by atoms with van der Waals surface area (Å²) >= 11 is 9.53. The third-order valence-electron chi connectivity index (χ3n) is 2.17. The van der Waals surface area contributed by atoms with Gasteiger partial charge in [-0.05, 0) is 0 Å². The van der Waals surface area contributed by atoms with Gasteiger partial charge in [0, 0.05) is 0 Å². The maximum absolute atomic E-state index is 4.76. The summed E-state index contributed by atoms with van der Waals surface area (Å²) in [6.07, 6.45) is 9.00. The number of alkyl halides is 2. The van der Waals surface area contributed by atoms with Gasteiger partial charge in [-0.3, -0.25) is 0 Å². The number of hydrogen-bond donors (Lipinski definition) is 0. The van der Waals surface area contributed by atoms with E-state index in [4.69, 9.17) is 23.2 Å². The fourth-order valence-electron chi connectivity index (χ4n) is 1.45. The van der Waals surface area contributed by atoms with Crippen LogP contribution in [0.4, 0.5) is 0 Å². The second-order valence-electron chi connectivity index (χ2n) is 3.38. The number of rotatable bonds is 0. The average Bonchev–Trinajstić information content (AvgIpc) is 2.35. The summed E-state index contributed by atoms with van der Waals surface area (Å²) in [5, 5.41) is 0.194. The highest BCUT2D eigenvalue weighted by atomic mass is 35.5. The molecule has 0 amide bonds. The third-order valence-corrected chi connectivity index (χ3v) is 2.17. The van der Waals surface area contributed by atoms with Gasteiger partial charge in [0.1, 0.15) is 0 Å². The van der Waals surface area contributed by atoms with Crippen LogP contribution in [0.25, 0.3) is 0 Å². The lowest BCUT2D eigenvalue weighted by atomic mass is 10.0. The van der Waals surface area contributed by atoms with Crippen molar-refractivity contribution in [1.29, 1.82) is 0 Å². The molecule has 1 aliphatic rings. The van der Waals surface area contributed by atoms with Crippen LogP contribution in [0.2, 0.25) is 0 Å². The molecule has 0 nitrogen and oxygen atoms in total. The van der Waals surface area contributed by atoms with Crippen molar-refractivity contribution >= 4 is 23.2 Å². The quantitative estimate of drug-likeness (QED) is 0.535. The molecule has 0 heterocycles. The van der Waals surface area contributed by atoms with Crippen molar-refractivity contribution in [2.45, 2.75) is 38.5 Å². The topological polar surface area (TPSA) is 0 Å². The highest BCUT2D eigenvalue weighted by Crippen LogP contribution is 2.15. The van der Waals surface area contributed by atoms with E-state index < -0.39 is 0 Å². The van der Waals surface area contributed by atoms with Gasteiger partial charge in [-0.2, -0.15) is 0 Å². The summed E-state index contributed by atoms with van der Waals surface area (Å²) in [5.74, 6) is 0. The summed E-state index contributed by atoms with van der Waals surface area (Å²) in [4.78, 5) is 0. The summed E-state index contributed by atoms with van der Waals surface area (Å²) < 4.78 is 0. The molecule has 1 aliphatic carbocycles. The van der Waals surface area contributed by atoms with Crippen LogP contribution in [0.1, 0.15) is 38.5 Å². The lowest BCUT2D eigenvalue weighted by Crippen LogP contribution is -1.85. The zero-order valence-electron chi connectivity index (χ0n) is 9.17. The van der Waals surface area contributed by atoms with E-state index in [0.29, 0.717) is 0 Å². The molecule has 1 aromatic carbocycles. The van der Waals surface area contributed by atoms with E-state index in [2.05, 4.69) is 0 Å². The van der Waals surface area contributed by atoms with E-state index in [1.165, 1.54) is 38.5 Å². The second kappa shape index (κ2) is 13.8. The van der Waals surface area contributed by atoms with Crippen molar-refractivity contribution in [3.05, 3.63) is 36.4 Å². The SMILES string of the molecule is C1CCCCC1.ClCCl.c1ccccc1. The zero-order valence-corrected chi connectivity index (χ0v) is 10.7. The van der Waals surface area contributed by atoms with Gasteiger partial charge in [0.15, 0.2) is 0 Å². The molecule has 0 aliphatic heterocycles. The van der Waals surface area contributed by atoms with Gasteiger partial charge in [0.25, 0.3) is 0 Å². The van der Waals surface area contributed by atoms with Crippen LogP contribution in [0.3, 0.4) is 0 Å². The maximum Gasteiger partial charge on any atom is 0.0967 e. The molecule has 0 saturated heterocycles. The molecule has 86 valence electrons. The largest absolute Gasteiger partial charge is 0.109 e. The number of hydrogen-bond acceptors (Lipinski definition) is 0. The van der Waals surface area contributed by atoms with Gasteiger partial charge in [-0.1, -0.05) is 74.9 Å². The Balaban J connectivity index is 0.000000210. The van der Waals surface area contributed by atoms with Crippen LogP contribution in [0, 0.1) is 0 Å². The molecule has 0 unspecified atom stereocenters. The van der Waals surface area contributed by atoms with Crippen LogP contribution in [-0.2, 0) is 0 Å². The van der Waals surface area contributed by atoms with Gasteiger partial charge in [-0.25, -0.2) is 0 Å². The second-order valence-corrected chi connectivity index (χ2v) is 4.19. The van der Waals surface area contributed by atoms with Crippen LogP contribution in [0.15, 0.2) is 36.4 Å². The normalized spacial score (nSPS) is 14.0. The molecule has 15 heavy (non-hydrogen) atoms. The molecule has 0 N–H and O–H groups in total. The van der Waals surface area contributed by atoms with Gasteiger partial charge >= 0.3 is 0 Å². The van der Waals surface area contributed by atoms with E-state index in [9.17, 15) is 0 Å². The maximum atomic E-state index is 4.76. The molecule has 1 fully saturated rings. The number of halogens is 2. The van der Waals surface area contributed by atoms with Gasteiger partial charge in [0.2, 0.25) is 0 Å². The fourth-order valence-corrected chi connectivity index (χ4v) is 1.45. The van der Waals surface area contributed by atoms with E-state index in [1.807, 2.05) is 36.4 Å². The standard InChI is InChI=1S/C6H12.C6H6.CH2Cl2/c2*1-2-4-6-5-3-1;2-1-3/h1-6H2;1-6H;1H2. The monoisotopic (exact) mass is 246 g/mol. The molecule has 0 atom stereocenters. The zero-order chi connectivity index (χ0) is 11.2. The first-order chi connectivity index (χ1) is 7.41. The van der Waals surface area contributed by atoms with E-state index in [-0.39, 0.29) is 5.34 Å². The Bertz CT molecular complexity index is 145. The predicted molar refractivity (Wildman–Crippen MR) is 70.7 cm³/mol. The Morgan fingerprint density at radius 3 is 0.800 bits per heavy atom. The smallest absolute Gasteiger partial charge is 0.0967 e. The minimum atomic E-state index is 0.194. The van der Waals surface area contributed by atoms with Crippen molar-refractivity contribution in [1.82, 2.24) is 0 Å². The van der Waals surface area contributed by atoms with Crippen molar-refractivity contribution in [3.8, 4) is 0 Å². The summed E-state index contributed by atoms with van der Waals surface area (Å²) in [5.41, 5.74) is 0. The van der Waals surface area contributed by atoms with E-state index >= 15 is 0 Å². The highest BCUT2D eigenvalue weighted by Gasteiger charge is 1.95. The molecule has 2 rings (SSSR count). The summed E-state index contributed by atoms with van der Waals surface area (Å²) in [6.45, 7) is 0. The van der Waals surface area contributed by atoms with Crippen LogP contribution in [0.5, 0.6) is 0 Å². The Labute approximate surface area is 104 Å². The molecule has 0 bridgehead atoms. The molecule has 0 aromatic heterocycles. The summed E-state index contributed by atoms with van der Waals surface area (Å²) in [6, 6.07) is 12.0. The van der Waals surface area contributed by atoms with Gasteiger partial charge in [0.05, 0.1) is 5.34 Å². The first-order valence-corrected chi connectivity index (χ1v) is 6.60. The van der Waals surface area contributed by atoms with Gasteiger partial charge in [-0.15, -0.1) is 23.2 Å². The molecule has 1 aromatic rings. The molecule has 2 heteroatoms. The van der Waals surface area contributed by atoms with Gasteiger partial charge < -0.3 is 0 Å². The Hall–Kier alpha value is -0.200. The fraction of sp³-hybridized carbons (Fsp3) is 0.538. The molecular formula is C13H20Cl2. The third kappa shape index (κ3) is 13.8. The lowest BCUT2D eigenvalue weighted by molar-refractivity contribution is 0.504. The lowest BCUT2D eigenvalue weighted by Gasteiger charge is -2.05. The van der Waals surface area contributed by atoms with Crippen LogP contribution >= 0.6 is 23.2 Å². The van der Waals surface area contributed by atoms with Crippen molar-refractivity contribution in [3.63, 3.8) is 0 Å². The Kier molecular flexibility index (Phi) is 13.6. The minimum absolute atomic E-state index is 0.194. The number of benzene rings is 1. The Morgan fingerprint density at radius 2 is 0.667 bits per heavy atom. The van der Waals surface area contributed by atoms with Crippen LogP contribution < -0.4 is 0 Å². The molecule has 0 spiro atoms. The van der Waals surface area contributed by atoms with Crippen molar-refractivity contribution in [2.24, 2.45) is 0 Å². The highest BCUT2D eigenvalue weighted by molar-refractivity contribution is 6.40. The van der Waals surface area contributed by atoms with E-state index in [1.54, 1.807) is 0 Å². The van der Waals surface area contributed by atoms with Crippen molar-refractivity contribution < 1.29 is 0 Å². The predicted octanol–water partition coefficient (Wildman–Crippen LogP) is 5.45. The summed E-state index contributed by atoms with van der Waals surface area (Å²) in [7, 11) is 0. The molecular weight excluding hydrogens is 227 g/mol. The molecule has 1 saturated carbocycles. The van der Waals surface area contributed by atoms with E-state index in [0.717, 1.165) is 0 Å². The van der Waals surface area contributed by atoms with Crippen LogP contribution in [-0.4, -0.2) is 5.34 Å². The average molecular weight is 247 g/mol. The van der Waals surface area contributed by atoms with Crippen molar-refractivity contribution in [2.75, 3.05) is 5.34 Å². The first-order valence-electron chi connectivity index (χ1n) is 5.53. The minimum Gasteiger partial charge on any atom is -0.109 e. The first kappa shape index (κ1) is 14.8. The Morgan fingerprint density at radius 1 is 0.533 bits per heavy atom. The molecule has 0 radical (unpaired) electrons.